The van der Waals surface area contributed by atoms with Crippen molar-refractivity contribution in [3.8, 4) is 0 Å². The summed E-state index contributed by atoms with van der Waals surface area (Å²) in [7, 11) is 0. The first-order valence-electron chi connectivity index (χ1n) is 7.63. The molecule has 0 aromatic rings. The van der Waals surface area contributed by atoms with Gasteiger partial charge < -0.3 is 0 Å². The lowest BCUT2D eigenvalue weighted by Gasteiger charge is -2.57. The molecule has 2 unspecified atom stereocenters. The maximum Gasteiger partial charge on any atom is 0.0152 e. The largest absolute Gasteiger partial charge is 0.292 e. The van der Waals surface area contributed by atoms with Gasteiger partial charge in [0.05, 0.1) is 0 Å². The lowest BCUT2D eigenvalue weighted by atomic mass is 9.71. The third-order valence-electron chi connectivity index (χ3n) is 4.40. The van der Waals surface area contributed by atoms with Crippen LogP contribution in [0.5, 0.6) is 0 Å². The van der Waals surface area contributed by atoms with Crippen molar-refractivity contribution in [1.29, 1.82) is 0 Å². The lowest BCUT2D eigenvalue weighted by Crippen LogP contribution is -2.62. The van der Waals surface area contributed by atoms with E-state index in [2.05, 4.69) is 67.2 Å². The summed E-state index contributed by atoms with van der Waals surface area (Å²) < 4.78 is 0. The second kappa shape index (κ2) is 4.81. The maximum absolute atomic E-state index is 2.83. The number of hydrogen-bond donors (Lipinski definition) is 0. The van der Waals surface area contributed by atoms with Gasteiger partial charge in [0.1, 0.15) is 0 Å². The fourth-order valence-electron chi connectivity index (χ4n) is 3.64. The van der Waals surface area contributed by atoms with Gasteiger partial charge in [-0.05, 0) is 44.4 Å². The molecule has 0 aliphatic carbocycles. The molecular formula is C17H35N. The van der Waals surface area contributed by atoms with Crippen molar-refractivity contribution in [2.45, 2.75) is 99.2 Å². The highest BCUT2D eigenvalue weighted by atomic mass is 15.3. The van der Waals surface area contributed by atoms with Crippen LogP contribution in [0, 0.1) is 10.8 Å². The van der Waals surface area contributed by atoms with Crippen molar-refractivity contribution in [3.63, 3.8) is 0 Å². The fraction of sp³-hybridized carbons (Fsp3) is 1.00. The Kier molecular flexibility index (Phi) is 4.28. The smallest absolute Gasteiger partial charge is 0.0152 e. The van der Waals surface area contributed by atoms with E-state index in [9.17, 15) is 0 Å². The molecule has 1 heteroatoms. The van der Waals surface area contributed by atoms with Crippen LogP contribution in [0.4, 0.5) is 0 Å². The van der Waals surface area contributed by atoms with Gasteiger partial charge in [-0.15, -0.1) is 0 Å². The number of likely N-dealkylation sites (tertiary alicyclic amines) is 1. The van der Waals surface area contributed by atoms with E-state index in [1.165, 1.54) is 19.3 Å². The van der Waals surface area contributed by atoms with Crippen LogP contribution in [0.25, 0.3) is 0 Å². The molecule has 1 fully saturated rings. The number of hydrogen-bond acceptors (Lipinski definition) is 1. The maximum atomic E-state index is 2.83. The Balaban J connectivity index is 3.14. The first-order valence-corrected chi connectivity index (χ1v) is 7.63. The zero-order valence-electron chi connectivity index (χ0n) is 14.2. The van der Waals surface area contributed by atoms with Gasteiger partial charge >= 0.3 is 0 Å². The highest BCUT2D eigenvalue weighted by molar-refractivity contribution is 5.00. The molecule has 1 heterocycles. The highest BCUT2D eigenvalue weighted by Gasteiger charge is 2.45. The fourth-order valence-corrected chi connectivity index (χ4v) is 3.64. The van der Waals surface area contributed by atoms with Gasteiger partial charge in [0.15, 0.2) is 0 Å². The summed E-state index contributed by atoms with van der Waals surface area (Å²) in [5, 5.41) is 0. The molecule has 0 bridgehead atoms. The molecule has 0 spiro atoms. The van der Waals surface area contributed by atoms with Crippen LogP contribution in [0.2, 0.25) is 0 Å². The first-order chi connectivity index (χ1) is 7.85. The molecule has 1 saturated heterocycles. The molecule has 0 aromatic heterocycles. The van der Waals surface area contributed by atoms with Gasteiger partial charge in [-0.2, -0.15) is 0 Å². The van der Waals surface area contributed by atoms with E-state index in [0.717, 1.165) is 0 Å². The number of rotatable bonds is 0. The second-order valence-corrected chi connectivity index (χ2v) is 9.27. The zero-order valence-corrected chi connectivity index (χ0v) is 14.2. The highest BCUT2D eigenvalue weighted by Crippen LogP contribution is 2.43. The monoisotopic (exact) mass is 253 g/mol. The summed E-state index contributed by atoms with van der Waals surface area (Å²) in [4.78, 5) is 2.83. The average Bonchev–Trinajstić information content (AvgIpc) is 2.12. The van der Waals surface area contributed by atoms with Crippen LogP contribution < -0.4 is 0 Å². The molecule has 18 heavy (non-hydrogen) atoms. The number of piperidine rings is 1. The molecule has 0 saturated carbocycles. The van der Waals surface area contributed by atoms with Crippen molar-refractivity contribution >= 4 is 0 Å². The molecule has 1 nitrogen and oxygen atoms in total. The average molecular weight is 253 g/mol. The van der Waals surface area contributed by atoms with Crippen molar-refractivity contribution < 1.29 is 0 Å². The Bertz CT molecular complexity index is 249. The Morgan fingerprint density at radius 1 is 0.667 bits per heavy atom. The molecule has 1 aliphatic heterocycles. The van der Waals surface area contributed by atoms with Crippen LogP contribution in [0.3, 0.4) is 0 Å². The summed E-state index contributed by atoms with van der Waals surface area (Å²) in [6.45, 7) is 21.6. The summed E-state index contributed by atoms with van der Waals surface area (Å²) in [6.07, 6.45) is 4.09. The summed E-state index contributed by atoms with van der Waals surface area (Å²) in [5.41, 5.74) is 1.00. The van der Waals surface area contributed by atoms with Crippen molar-refractivity contribution in [2.24, 2.45) is 10.8 Å². The minimum absolute atomic E-state index is 0.260. The summed E-state index contributed by atoms with van der Waals surface area (Å²) in [5.74, 6) is 0. The van der Waals surface area contributed by atoms with Crippen molar-refractivity contribution in [1.82, 2.24) is 4.90 Å². The third kappa shape index (κ3) is 3.50. The molecular weight excluding hydrogens is 218 g/mol. The molecule has 108 valence electrons. The van der Waals surface area contributed by atoms with Crippen LogP contribution in [-0.2, 0) is 0 Å². The van der Waals surface area contributed by atoms with Crippen LogP contribution in [-0.4, -0.2) is 22.5 Å². The standard InChI is InChI=1S/C17H35N/c1-15(2,3)13-11-10-12-14(16(4,5)6)18(13)17(7,8)9/h13-14H,10-12H2,1-9H3. The molecule has 0 aromatic carbocycles. The minimum atomic E-state index is 0.260. The zero-order chi connectivity index (χ0) is 14.4. The van der Waals surface area contributed by atoms with E-state index in [1.54, 1.807) is 0 Å². The Labute approximate surface area is 115 Å². The van der Waals surface area contributed by atoms with E-state index in [1.807, 2.05) is 0 Å². The van der Waals surface area contributed by atoms with Gasteiger partial charge in [0.2, 0.25) is 0 Å². The molecule has 1 rings (SSSR count). The first kappa shape index (κ1) is 16.0. The lowest BCUT2D eigenvalue weighted by molar-refractivity contribution is -0.0799. The molecule has 0 radical (unpaired) electrons. The predicted molar refractivity (Wildman–Crippen MR) is 81.9 cm³/mol. The third-order valence-corrected chi connectivity index (χ3v) is 4.40. The predicted octanol–water partition coefficient (Wildman–Crippen LogP) is 5.10. The van der Waals surface area contributed by atoms with E-state index in [0.29, 0.717) is 22.9 Å². The molecule has 2 atom stereocenters. The van der Waals surface area contributed by atoms with Gasteiger partial charge in [-0.1, -0.05) is 48.0 Å². The molecule has 1 aliphatic rings. The van der Waals surface area contributed by atoms with Crippen LogP contribution in [0.1, 0.15) is 81.6 Å². The van der Waals surface area contributed by atoms with Gasteiger partial charge in [-0.25, -0.2) is 0 Å². The Morgan fingerprint density at radius 2 is 1.00 bits per heavy atom. The molecule has 0 N–H and O–H groups in total. The minimum Gasteiger partial charge on any atom is -0.292 e. The summed E-state index contributed by atoms with van der Waals surface area (Å²) >= 11 is 0. The van der Waals surface area contributed by atoms with E-state index in [4.69, 9.17) is 0 Å². The van der Waals surface area contributed by atoms with Crippen LogP contribution in [0.15, 0.2) is 0 Å². The van der Waals surface area contributed by atoms with E-state index < -0.39 is 0 Å². The topological polar surface area (TPSA) is 3.24 Å². The SMILES string of the molecule is CC(C)(C)C1CCCC(C(C)(C)C)N1C(C)(C)C. The van der Waals surface area contributed by atoms with Crippen LogP contribution >= 0.6 is 0 Å². The van der Waals surface area contributed by atoms with E-state index >= 15 is 0 Å². The van der Waals surface area contributed by atoms with Gasteiger partial charge in [0.25, 0.3) is 0 Å². The Hall–Kier alpha value is -0.0400. The normalized spacial score (nSPS) is 28.5. The number of nitrogens with zero attached hydrogens (tertiary/aromatic N) is 1. The second-order valence-electron chi connectivity index (χ2n) is 9.27. The molecule has 0 amide bonds. The van der Waals surface area contributed by atoms with Gasteiger partial charge in [0, 0.05) is 17.6 Å². The van der Waals surface area contributed by atoms with Crippen molar-refractivity contribution in [3.05, 3.63) is 0 Å². The quantitative estimate of drug-likeness (QED) is 0.580. The summed E-state index contributed by atoms with van der Waals surface area (Å²) in [6, 6.07) is 1.41. The van der Waals surface area contributed by atoms with Gasteiger partial charge in [-0.3, -0.25) is 4.90 Å². The van der Waals surface area contributed by atoms with Crippen molar-refractivity contribution in [2.75, 3.05) is 0 Å². The van der Waals surface area contributed by atoms with E-state index in [-0.39, 0.29) is 5.54 Å². The Morgan fingerprint density at radius 3 is 1.22 bits per heavy atom.